The highest BCUT2D eigenvalue weighted by molar-refractivity contribution is 7.89. The second-order valence-corrected chi connectivity index (χ2v) is 7.94. The van der Waals surface area contributed by atoms with Crippen molar-refractivity contribution in [3.05, 3.63) is 29.8 Å². The highest BCUT2D eigenvalue weighted by atomic mass is 32.2. The molecule has 1 unspecified atom stereocenters. The molecule has 0 aromatic heterocycles. The SMILES string of the molecule is O=C1CC(c2ccc(S(=O)(=O)NC3CCCCC3)cc2)CN1. The van der Waals surface area contributed by atoms with Gasteiger partial charge in [0.15, 0.2) is 0 Å². The van der Waals surface area contributed by atoms with Crippen LogP contribution in [0.25, 0.3) is 0 Å². The molecule has 2 aliphatic rings. The number of rotatable bonds is 4. The van der Waals surface area contributed by atoms with E-state index in [2.05, 4.69) is 10.0 Å². The first-order valence-electron chi connectivity index (χ1n) is 7.93. The van der Waals surface area contributed by atoms with Crippen LogP contribution in [0.2, 0.25) is 0 Å². The number of carbonyl (C=O) groups excluding carboxylic acids is 1. The maximum Gasteiger partial charge on any atom is 0.240 e. The number of carbonyl (C=O) groups is 1. The van der Waals surface area contributed by atoms with Gasteiger partial charge in [-0.3, -0.25) is 4.79 Å². The maximum atomic E-state index is 12.4. The summed E-state index contributed by atoms with van der Waals surface area (Å²) in [6.45, 7) is 0.630. The summed E-state index contributed by atoms with van der Waals surface area (Å²) >= 11 is 0. The Balaban J connectivity index is 1.69. The molecule has 1 saturated carbocycles. The van der Waals surface area contributed by atoms with Gasteiger partial charge >= 0.3 is 0 Å². The summed E-state index contributed by atoms with van der Waals surface area (Å²) in [6, 6.07) is 6.99. The van der Waals surface area contributed by atoms with E-state index in [-0.39, 0.29) is 17.9 Å². The molecule has 1 amide bonds. The van der Waals surface area contributed by atoms with Gasteiger partial charge in [0.1, 0.15) is 0 Å². The van der Waals surface area contributed by atoms with Crippen molar-refractivity contribution in [3.63, 3.8) is 0 Å². The Bertz CT molecular complexity index is 634. The van der Waals surface area contributed by atoms with Crippen molar-refractivity contribution in [1.29, 1.82) is 0 Å². The minimum Gasteiger partial charge on any atom is -0.355 e. The first-order chi connectivity index (χ1) is 10.5. The predicted octanol–water partition coefficient (Wildman–Crippen LogP) is 1.90. The molecule has 5 nitrogen and oxygen atoms in total. The van der Waals surface area contributed by atoms with Crippen molar-refractivity contribution < 1.29 is 13.2 Å². The molecular formula is C16H22N2O3S. The van der Waals surface area contributed by atoms with Crippen LogP contribution in [0.4, 0.5) is 0 Å². The van der Waals surface area contributed by atoms with Gasteiger partial charge in [-0.25, -0.2) is 13.1 Å². The van der Waals surface area contributed by atoms with Crippen molar-refractivity contribution in [2.24, 2.45) is 0 Å². The Labute approximate surface area is 131 Å². The number of hydrogen-bond acceptors (Lipinski definition) is 3. The van der Waals surface area contributed by atoms with Crippen molar-refractivity contribution in [3.8, 4) is 0 Å². The number of nitrogens with one attached hydrogen (secondary N) is 2. The standard InChI is InChI=1S/C16H22N2O3S/c19-16-10-13(11-17-16)12-6-8-15(9-7-12)22(20,21)18-14-4-2-1-3-5-14/h6-9,13-14,18H,1-5,10-11H2,(H,17,19). The van der Waals surface area contributed by atoms with E-state index in [0.29, 0.717) is 17.9 Å². The van der Waals surface area contributed by atoms with E-state index in [1.165, 1.54) is 6.42 Å². The van der Waals surface area contributed by atoms with Gasteiger partial charge in [0.05, 0.1) is 4.90 Å². The molecule has 120 valence electrons. The molecule has 0 bridgehead atoms. The van der Waals surface area contributed by atoms with Gasteiger partial charge in [-0.15, -0.1) is 0 Å². The van der Waals surface area contributed by atoms with Crippen LogP contribution in [-0.4, -0.2) is 26.9 Å². The summed E-state index contributed by atoms with van der Waals surface area (Å²) in [5, 5.41) is 2.80. The normalized spacial score (nSPS) is 23.5. The monoisotopic (exact) mass is 322 g/mol. The molecule has 0 radical (unpaired) electrons. The Morgan fingerprint density at radius 2 is 1.73 bits per heavy atom. The van der Waals surface area contributed by atoms with Crippen molar-refractivity contribution in [2.75, 3.05) is 6.54 Å². The zero-order valence-corrected chi connectivity index (χ0v) is 13.4. The number of amides is 1. The Morgan fingerprint density at radius 1 is 1.05 bits per heavy atom. The Morgan fingerprint density at radius 3 is 2.32 bits per heavy atom. The molecule has 22 heavy (non-hydrogen) atoms. The largest absolute Gasteiger partial charge is 0.355 e. The molecule has 1 heterocycles. The Hall–Kier alpha value is -1.40. The minimum absolute atomic E-state index is 0.0562. The topological polar surface area (TPSA) is 75.3 Å². The quantitative estimate of drug-likeness (QED) is 0.889. The number of benzene rings is 1. The van der Waals surface area contributed by atoms with Crippen LogP contribution in [0.3, 0.4) is 0 Å². The lowest BCUT2D eigenvalue weighted by Gasteiger charge is -2.22. The van der Waals surface area contributed by atoms with Crippen LogP contribution in [0, 0.1) is 0 Å². The summed E-state index contributed by atoms with van der Waals surface area (Å²) in [6.07, 6.45) is 5.71. The number of hydrogen-bond donors (Lipinski definition) is 2. The molecular weight excluding hydrogens is 300 g/mol. The molecule has 1 aliphatic carbocycles. The van der Waals surface area contributed by atoms with Crippen LogP contribution < -0.4 is 10.0 Å². The van der Waals surface area contributed by atoms with Crippen molar-refractivity contribution in [2.45, 2.75) is 55.4 Å². The smallest absolute Gasteiger partial charge is 0.240 e. The second kappa shape index (κ2) is 6.38. The molecule has 2 N–H and O–H groups in total. The lowest BCUT2D eigenvalue weighted by molar-refractivity contribution is -0.119. The van der Waals surface area contributed by atoms with Crippen molar-refractivity contribution in [1.82, 2.24) is 10.0 Å². The molecule has 6 heteroatoms. The first kappa shape index (κ1) is 15.5. The zero-order chi connectivity index (χ0) is 15.6. The van der Waals surface area contributed by atoms with Crippen LogP contribution >= 0.6 is 0 Å². The van der Waals surface area contributed by atoms with Crippen LogP contribution in [0.15, 0.2) is 29.2 Å². The molecule has 3 rings (SSSR count). The fraction of sp³-hybridized carbons (Fsp3) is 0.562. The molecule has 2 fully saturated rings. The van der Waals surface area contributed by atoms with Gasteiger partial charge in [0, 0.05) is 24.9 Å². The zero-order valence-electron chi connectivity index (χ0n) is 12.5. The molecule has 1 aliphatic heterocycles. The van der Waals surface area contributed by atoms with E-state index in [9.17, 15) is 13.2 Å². The van der Waals surface area contributed by atoms with Gasteiger partial charge in [0.2, 0.25) is 15.9 Å². The van der Waals surface area contributed by atoms with E-state index in [1.807, 2.05) is 12.1 Å². The van der Waals surface area contributed by atoms with Crippen LogP contribution in [0.5, 0.6) is 0 Å². The first-order valence-corrected chi connectivity index (χ1v) is 9.42. The van der Waals surface area contributed by atoms with Gasteiger partial charge < -0.3 is 5.32 Å². The van der Waals surface area contributed by atoms with Gasteiger partial charge in [-0.1, -0.05) is 31.4 Å². The van der Waals surface area contributed by atoms with Gasteiger partial charge in [0.25, 0.3) is 0 Å². The van der Waals surface area contributed by atoms with E-state index < -0.39 is 10.0 Å². The molecule has 1 atom stereocenters. The molecule has 0 spiro atoms. The summed E-state index contributed by atoms with van der Waals surface area (Å²) in [7, 11) is -3.44. The van der Waals surface area contributed by atoms with Crippen molar-refractivity contribution >= 4 is 15.9 Å². The van der Waals surface area contributed by atoms with Crippen LogP contribution in [-0.2, 0) is 14.8 Å². The van der Waals surface area contributed by atoms with E-state index in [0.717, 1.165) is 31.2 Å². The third-order valence-corrected chi connectivity index (χ3v) is 6.10. The highest BCUT2D eigenvalue weighted by Gasteiger charge is 2.25. The summed E-state index contributed by atoms with van der Waals surface area (Å²) < 4.78 is 27.6. The fourth-order valence-corrected chi connectivity index (χ4v) is 4.57. The summed E-state index contributed by atoms with van der Waals surface area (Å²) in [5.74, 6) is 0.205. The average molecular weight is 322 g/mol. The predicted molar refractivity (Wildman–Crippen MR) is 84.0 cm³/mol. The lowest BCUT2D eigenvalue weighted by atomic mass is 9.96. The minimum atomic E-state index is -3.44. The van der Waals surface area contributed by atoms with E-state index >= 15 is 0 Å². The lowest BCUT2D eigenvalue weighted by Crippen LogP contribution is -2.36. The third-order valence-electron chi connectivity index (χ3n) is 4.57. The fourth-order valence-electron chi connectivity index (χ4n) is 3.27. The summed E-state index contributed by atoms with van der Waals surface area (Å²) in [4.78, 5) is 11.6. The molecule has 1 saturated heterocycles. The highest BCUT2D eigenvalue weighted by Crippen LogP contribution is 2.25. The number of sulfonamides is 1. The average Bonchev–Trinajstić information content (AvgIpc) is 2.95. The van der Waals surface area contributed by atoms with Gasteiger partial charge in [-0.05, 0) is 30.5 Å². The second-order valence-electron chi connectivity index (χ2n) is 6.23. The maximum absolute atomic E-state index is 12.4. The molecule has 1 aromatic carbocycles. The van der Waals surface area contributed by atoms with E-state index in [4.69, 9.17) is 0 Å². The van der Waals surface area contributed by atoms with E-state index in [1.54, 1.807) is 12.1 Å². The Kier molecular flexibility index (Phi) is 4.49. The van der Waals surface area contributed by atoms with Gasteiger partial charge in [-0.2, -0.15) is 0 Å². The summed E-state index contributed by atoms with van der Waals surface area (Å²) in [5.41, 5.74) is 1.01. The van der Waals surface area contributed by atoms with Crippen LogP contribution in [0.1, 0.15) is 50.0 Å². The molecule has 1 aromatic rings. The third kappa shape index (κ3) is 3.50.